The van der Waals surface area contributed by atoms with E-state index in [1.54, 1.807) is 0 Å². The van der Waals surface area contributed by atoms with Gasteiger partial charge in [-0.2, -0.15) is 10.5 Å². The van der Waals surface area contributed by atoms with E-state index in [0.29, 0.717) is 12.8 Å². The van der Waals surface area contributed by atoms with Gasteiger partial charge in [-0.25, -0.2) is 4.79 Å². The molecule has 0 saturated carbocycles. The Labute approximate surface area is 84.3 Å². The first-order valence-electron chi connectivity index (χ1n) is 3.34. The first-order valence-corrected chi connectivity index (χ1v) is 4.26. The van der Waals surface area contributed by atoms with Gasteiger partial charge in [-0.3, -0.25) is 0 Å². The van der Waals surface area contributed by atoms with Crippen LogP contribution in [0.4, 0.5) is 4.79 Å². The van der Waals surface area contributed by atoms with Crippen molar-refractivity contribution >= 4 is 22.1 Å². The number of rotatable bonds is 3. The lowest BCUT2D eigenvalue weighted by atomic mass is 10.2. The van der Waals surface area contributed by atoms with Gasteiger partial charge in [-0.15, -0.1) is 0 Å². The number of alkyl halides is 1. The maximum Gasteiger partial charge on any atom is 0.503 e. The van der Waals surface area contributed by atoms with Crippen molar-refractivity contribution in [2.75, 3.05) is 0 Å². The van der Waals surface area contributed by atoms with Crippen LogP contribution in [0.25, 0.3) is 0 Å². The Morgan fingerprint density at radius 2 is 1.85 bits per heavy atom. The Bertz CT molecular complexity index is 215. The van der Waals surface area contributed by atoms with Gasteiger partial charge in [0.2, 0.25) is 0 Å². The number of halogens is 1. The Hall–Kier alpha value is -1.27. The highest BCUT2D eigenvalue weighted by Crippen LogP contribution is 2.10. The third-order valence-electron chi connectivity index (χ3n) is 0.882. The number of hydrogen-bond donors (Lipinski definition) is 2. The molecule has 0 rings (SSSR count). The van der Waals surface area contributed by atoms with Gasteiger partial charge in [0.25, 0.3) is 0 Å². The molecule has 0 aromatic heterocycles. The van der Waals surface area contributed by atoms with Gasteiger partial charge >= 0.3 is 6.16 Å². The van der Waals surface area contributed by atoms with Gasteiger partial charge in [0.1, 0.15) is 0 Å². The molecule has 6 heteroatoms. The van der Waals surface area contributed by atoms with Crippen LogP contribution in [-0.4, -0.2) is 21.2 Å². The molecule has 1 atom stereocenters. The van der Waals surface area contributed by atoms with E-state index in [1.165, 1.54) is 0 Å². The lowest BCUT2D eigenvalue weighted by Crippen LogP contribution is -1.93. The predicted octanol–water partition coefficient (Wildman–Crippen LogP) is 2.19. The summed E-state index contributed by atoms with van der Waals surface area (Å²) in [5.74, 6) is 0. The second kappa shape index (κ2) is 10.7. The van der Waals surface area contributed by atoms with Crippen LogP contribution < -0.4 is 0 Å². The highest BCUT2D eigenvalue weighted by Gasteiger charge is 2.00. The largest absolute Gasteiger partial charge is 0.503 e. The van der Waals surface area contributed by atoms with Crippen molar-refractivity contribution in [1.29, 1.82) is 10.5 Å². The first kappa shape index (κ1) is 14.3. The second-order valence-electron chi connectivity index (χ2n) is 1.94. The first-order chi connectivity index (χ1) is 6.04. The molecule has 0 aliphatic heterocycles. The molecule has 0 heterocycles. The van der Waals surface area contributed by atoms with E-state index in [9.17, 15) is 0 Å². The van der Waals surface area contributed by atoms with E-state index in [1.807, 2.05) is 12.1 Å². The molecular weight excluding hydrogens is 240 g/mol. The predicted molar refractivity (Wildman–Crippen MR) is 48.4 cm³/mol. The molecular formula is C7H9BrN2O3. The number of nitrogens with zero attached hydrogens (tertiary/aromatic N) is 2. The normalized spacial score (nSPS) is 9.77. The van der Waals surface area contributed by atoms with E-state index < -0.39 is 6.16 Å². The molecule has 0 radical (unpaired) electrons. The van der Waals surface area contributed by atoms with Crippen LogP contribution >= 0.6 is 15.9 Å². The van der Waals surface area contributed by atoms with Crippen LogP contribution in [0.3, 0.4) is 0 Å². The molecule has 0 aliphatic carbocycles. The fourth-order valence-electron chi connectivity index (χ4n) is 0.422. The number of hydrogen-bond acceptors (Lipinski definition) is 3. The molecule has 0 saturated heterocycles. The standard InChI is InChI=1S/C6H7BrN2.CH2O3/c7-6(3-5-9)2-1-4-8;2-1(3)4/h6H,1-3H2;(H2,2,3,4). The number of carbonyl (C=O) groups is 1. The van der Waals surface area contributed by atoms with Crippen LogP contribution in [0, 0.1) is 22.7 Å². The Balaban J connectivity index is 0. The summed E-state index contributed by atoms with van der Waals surface area (Å²) < 4.78 is 0. The minimum absolute atomic E-state index is 0.196. The van der Waals surface area contributed by atoms with E-state index in [0.717, 1.165) is 6.42 Å². The molecule has 5 nitrogen and oxygen atoms in total. The molecule has 0 bridgehead atoms. The van der Waals surface area contributed by atoms with Crippen LogP contribution in [-0.2, 0) is 0 Å². The Kier molecular flexibility index (Phi) is 11.8. The van der Waals surface area contributed by atoms with E-state index in [-0.39, 0.29) is 4.83 Å². The zero-order chi connectivity index (χ0) is 10.7. The third-order valence-corrected chi connectivity index (χ3v) is 1.66. The minimum Gasteiger partial charge on any atom is -0.450 e. The van der Waals surface area contributed by atoms with Gasteiger partial charge in [-0.1, -0.05) is 15.9 Å². The summed E-state index contributed by atoms with van der Waals surface area (Å²) >= 11 is 3.27. The fraction of sp³-hybridized carbons (Fsp3) is 0.571. The number of nitriles is 2. The minimum atomic E-state index is -1.83. The smallest absolute Gasteiger partial charge is 0.450 e. The van der Waals surface area contributed by atoms with Gasteiger partial charge in [0.05, 0.1) is 12.1 Å². The zero-order valence-corrected chi connectivity index (χ0v) is 8.36. The van der Waals surface area contributed by atoms with Crippen molar-refractivity contribution in [3.8, 4) is 12.1 Å². The van der Waals surface area contributed by atoms with Crippen molar-refractivity contribution in [2.45, 2.75) is 24.1 Å². The average Bonchev–Trinajstić information content (AvgIpc) is 2.00. The topological polar surface area (TPSA) is 105 Å². The maximum atomic E-state index is 8.56. The van der Waals surface area contributed by atoms with E-state index >= 15 is 0 Å². The molecule has 0 aliphatic rings. The summed E-state index contributed by atoms with van der Waals surface area (Å²) in [6.07, 6.45) is -0.0522. The summed E-state index contributed by atoms with van der Waals surface area (Å²) in [4.78, 5) is 8.75. The van der Waals surface area contributed by atoms with Crippen LogP contribution in [0.2, 0.25) is 0 Å². The summed E-state index contributed by atoms with van der Waals surface area (Å²) in [6, 6.07) is 4.04. The summed E-state index contributed by atoms with van der Waals surface area (Å²) in [5, 5.41) is 30.2. The van der Waals surface area contributed by atoms with Crippen molar-refractivity contribution in [3.05, 3.63) is 0 Å². The summed E-state index contributed by atoms with van der Waals surface area (Å²) in [7, 11) is 0. The fourth-order valence-corrected chi connectivity index (χ4v) is 0.796. The highest BCUT2D eigenvalue weighted by molar-refractivity contribution is 9.09. The van der Waals surface area contributed by atoms with Crippen LogP contribution in [0.15, 0.2) is 0 Å². The quantitative estimate of drug-likeness (QED) is 0.745. The average molecular weight is 249 g/mol. The molecule has 0 aromatic rings. The molecule has 0 aromatic carbocycles. The summed E-state index contributed by atoms with van der Waals surface area (Å²) in [5.41, 5.74) is 0. The van der Waals surface area contributed by atoms with Crippen molar-refractivity contribution < 1.29 is 15.0 Å². The molecule has 13 heavy (non-hydrogen) atoms. The Morgan fingerprint density at radius 1 is 1.38 bits per heavy atom. The van der Waals surface area contributed by atoms with E-state index in [4.69, 9.17) is 25.5 Å². The summed E-state index contributed by atoms with van der Waals surface area (Å²) in [6.45, 7) is 0. The van der Waals surface area contributed by atoms with Crippen molar-refractivity contribution in [3.63, 3.8) is 0 Å². The van der Waals surface area contributed by atoms with Crippen molar-refractivity contribution in [2.24, 2.45) is 0 Å². The molecule has 0 fully saturated rings. The van der Waals surface area contributed by atoms with Gasteiger partial charge in [0.15, 0.2) is 0 Å². The second-order valence-corrected chi connectivity index (χ2v) is 3.23. The lowest BCUT2D eigenvalue weighted by molar-refractivity contribution is 0.137. The molecule has 2 N–H and O–H groups in total. The molecule has 1 unspecified atom stereocenters. The molecule has 0 amide bonds. The SMILES string of the molecule is N#CCCC(Br)CC#N.O=C(O)O. The zero-order valence-electron chi connectivity index (χ0n) is 6.77. The molecule has 0 spiro atoms. The third kappa shape index (κ3) is 24.9. The molecule has 72 valence electrons. The van der Waals surface area contributed by atoms with Crippen LogP contribution in [0.1, 0.15) is 19.3 Å². The van der Waals surface area contributed by atoms with Gasteiger partial charge in [-0.05, 0) is 6.42 Å². The Morgan fingerprint density at radius 3 is 2.15 bits per heavy atom. The maximum absolute atomic E-state index is 8.56. The van der Waals surface area contributed by atoms with Gasteiger partial charge in [0, 0.05) is 17.7 Å². The van der Waals surface area contributed by atoms with Crippen molar-refractivity contribution in [1.82, 2.24) is 0 Å². The number of carboxylic acid groups (broad SMARTS) is 2. The highest BCUT2D eigenvalue weighted by atomic mass is 79.9. The van der Waals surface area contributed by atoms with Crippen LogP contribution in [0.5, 0.6) is 0 Å². The lowest BCUT2D eigenvalue weighted by Gasteiger charge is -1.97. The van der Waals surface area contributed by atoms with Gasteiger partial charge < -0.3 is 10.2 Å². The monoisotopic (exact) mass is 248 g/mol. The van der Waals surface area contributed by atoms with E-state index in [2.05, 4.69) is 15.9 Å².